The van der Waals surface area contributed by atoms with Crippen LogP contribution in [0.25, 0.3) is 11.3 Å². The predicted octanol–water partition coefficient (Wildman–Crippen LogP) is 3.12. The molecule has 0 fully saturated rings. The van der Waals surface area contributed by atoms with Crippen LogP contribution in [-0.2, 0) is 0 Å². The first-order chi connectivity index (χ1) is 10.5. The van der Waals surface area contributed by atoms with E-state index in [1.54, 1.807) is 11.8 Å². The van der Waals surface area contributed by atoms with Crippen molar-refractivity contribution in [3.8, 4) is 11.3 Å². The molecule has 0 spiro atoms. The second-order valence-electron chi connectivity index (χ2n) is 4.85. The molecule has 0 bridgehead atoms. The van der Waals surface area contributed by atoms with Crippen molar-refractivity contribution in [2.24, 2.45) is 0 Å². The minimum Gasteiger partial charge on any atom is -0.368 e. The largest absolute Gasteiger partial charge is 0.368 e. The average molecular weight is 410 g/mol. The summed E-state index contributed by atoms with van der Waals surface area (Å²) < 4.78 is 1.02. The molecule has 2 N–H and O–H groups in total. The number of carbonyl (C=O) groups is 1. The van der Waals surface area contributed by atoms with Crippen molar-refractivity contribution in [3.05, 3.63) is 39.1 Å². The van der Waals surface area contributed by atoms with Gasteiger partial charge in [-0.05, 0) is 49.4 Å². The van der Waals surface area contributed by atoms with Crippen LogP contribution < -0.4 is 5.73 Å². The molecule has 22 heavy (non-hydrogen) atoms. The summed E-state index contributed by atoms with van der Waals surface area (Å²) in [5, 5.41) is 0. The number of hydrogen-bond donors (Lipinski definition) is 1. The lowest BCUT2D eigenvalue weighted by atomic mass is 10.0. The van der Waals surface area contributed by atoms with Gasteiger partial charge in [-0.15, -0.1) is 0 Å². The summed E-state index contributed by atoms with van der Waals surface area (Å²) in [5.74, 6) is 0.125. The number of benzene rings is 1. The van der Waals surface area contributed by atoms with Gasteiger partial charge in [0.05, 0.1) is 17.0 Å². The van der Waals surface area contributed by atoms with E-state index in [2.05, 4.69) is 32.6 Å². The fourth-order valence-electron chi connectivity index (χ4n) is 2.37. The van der Waals surface area contributed by atoms with E-state index in [1.807, 2.05) is 38.1 Å². The molecule has 1 heterocycles. The number of amides is 1. The molecule has 0 atom stereocenters. The molecule has 0 saturated carbocycles. The van der Waals surface area contributed by atoms with Crippen LogP contribution in [0.3, 0.4) is 0 Å². The van der Waals surface area contributed by atoms with E-state index in [1.165, 1.54) is 0 Å². The lowest BCUT2D eigenvalue weighted by Crippen LogP contribution is -2.32. The van der Waals surface area contributed by atoms with Crippen molar-refractivity contribution in [2.45, 2.75) is 20.8 Å². The van der Waals surface area contributed by atoms with Crippen molar-refractivity contribution < 1.29 is 4.79 Å². The first-order valence-corrected chi connectivity index (χ1v) is 8.25. The van der Waals surface area contributed by atoms with E-state index in [4.69, 9.17) is 5.73 Å². The topological polar surface area (TPSA) is 72.1 Å². The molecule has 0 aliphatic carbocycles. The molecule has 0 saturated heterocycles. The van der Waals surface area contributed by atoms with Gasteiger partial charge in [0.1, 0.15) is 0 Å². The van der Waals surface area contributed by atoms with E-state index in [0.29, 0.717) is 30.0 Å². The van der Waals surface area contributed by atoms with Crippen molar-refractivity contribution >= 4 is 34.4 Å². The van der Waals surface area contributed by atoms with Gasteiger partial charge in [-0.3, -0.25) is 4.79 Å². The fourth-order valence-corrected chi connectivity index (χ4v) is 3.01. The SMILES string of the molecule is CCN(CC)C(=O)c1c(C)nc(N)nc1-c1ccccc1I. The highest BCUT2D eigenvalue weighted by molar-refractivity contribution is 14.1. The molecule has 1 aromatic heterocycles. The van der Waals surface area contributed by atoms with Crippen LogP contribution in [-0.4, -0.2) is 33.9 Å². The number of nitrogens with two attached hydrogens (primary N) is 1. The second-order valence-corrected chi connectivity index (χ2v) is 6.01. The predicted molar refractivity (Wildman–Crippen MR) is 96.6 cm³/mol. The number of aryl methyl sites for hydroxylation is 1. The standard InChI is InChI=1S/C16H19IN4O/c1-4-21(5-2)15(22)13-10(3)19-16(18)20-14(13)11-8-6-7-9-12(11)17/h6-9H,4-5H2,1-3H3,(H2,18,19,20). The van der Waals surface area contributed by atoms with Gasteiger partial charge >= 0.3 is 0 Å². The van der Waals surface area contributed by atoms with Crippen LogP contribution in [0.4, 0.5) is 5.95 Å². The van der Waals surface area contributed by atoms with Crippen molar-refractivity contribution in [3.63, 3.8) is 0 Å². The molecular formula is C16H19IN4O. The third-order valence-corrected chi connectivity index (χ3v) is 4.44. The molecule has 2 rings (SSSR count). The number of hydrogen-bond acceptors (Lipinski definition) is 4. The van der Waals surface area contributed by atoms with Crippen LogP contribution in [0.2, 0.25) is 0 Å². The number of nitrogens with zero attached hydrogens (tertiary/aromatic N) is 3. The number of rotatable bonds is 4. The Kier molecular flexibility index (Phi) is 5.33. The van der Waals surface area contributed by atoms with Gasteiger partial charge in [-0.1, -0.05) is 18.2 Å². The number of aromatic nitrogens is 2. The number of anilines is 1. The fraction of sp³-hybridized carbons (Fsp3) is 0.312. The highest BCUT2D eigenvalue weighted by atomic mass is 127. The Bertz CT molecular complexity index is 699. The van der Waals surface area contributed by atoms with Gasteiger partial charge in [-0.25, -0.2) is 9.97 Å². The quantitative estimate of drug-likeness (QED) is 0.787. The summed E-state index contributed by atoms with van der Waals surface area (Å²) in [7, 11) is 0. The van der Waals surface area contributed by atoms with Gasteiger partial charge in [0.15, 0.2) is 0 Å². The molecule has 6 heteroatoms. The Hall–Kier alpha value is -1.70. The van der Waals surface area contributed by atoms with Crippen molar-refractivity contribution in [1.82, 2.24) is 14.9 Å². The Morgan fingerprint density at radius 3 is 2.45 bits per heavy atom. The van der Waals surface area contributed by atoms with Crippen LogP contribution >= 0.6 is 22.6 Å². The van der Waals surface area contributed by atoms with Crippen molar-refractivity contribution in [2.75, 3.05) is 18.8 Å². The second kappa shape index (κ2) is 7.04. The molecule has 1 aromatic carbocycles. The molecule has 0 aliphatic heterocycles. The zero-order chi connectivity index (χ0) is 16.3. The average Bonchev–Trinajstić information content (AvgIpc) is 2.48. The summed E-state index contributed by atoms with van der Waals surface area (Å²) in [5.41, 5.74) is 8.45. The maximum absolute atomic E-state index is 12.8. The first kappa shape index (κ1) is 16.7. The van der Waals surface area contributed by atoms with Gasteiger partial charge in [0.2, 0.25) is 5.95 Å². The molecule has 116 valence electrons. The normalized spacial score (nSPS) is 10.5. The molecule has 1 amide bonds. The minimum atomic E-state index is -0.0582. The highest BCUT2D eigenvalue weighted by Gasteiger charge is 2.23. The molecule has 2 aromatic rings. The monoisotopic (exact) mass is 410 g/mol. The summed E-state index contributed by atoms with van der Waals surface area (Å²) in [6, 6.07) is 7.81. The lowest BCUT2D eigenvalue weighted by molar-refractivity contribution is 0.0772. The van der Waals surface area contributed by atoms with Gasteiger partial charge in [-0.2, -0.15) is 0 Å². The lowest BCUT2D eigenvalue weighted by Gasteiger charge is -2.21. The molecule has 5 nitrogen and oxygen atoms in total. The first-order valence-electron chi connectivity index (χ1n) is 7.17. The summed E-state index contributed by atoms with van der Waals surface area (Å²) in [6.45, 7) is 7.00. The molecule has 0 aliphatic rings. The maximum atomic E-state index is 12.8. The van der Waals surface area contributed by atoms with E-state index >= 15 is 0 Å². The number of carbonyl (C=O) groups excluding carboxylic acids is 1. The zero-order valence-corrected chi connectivity index (χ0v) is 15.1. The Morgan fingerprint density at radius 1 is 1.23 bits per heavy atom. The molecular weight excluding hydrogens is 391 g/mol. The van der Waals surface area contributed by atoms with E-state index in [-0.39, 0.29) is 11.9 Å². The minimum absolute atomic E-state index is 0.0582. The Morgan fingerprint density at radius 2 is 1.86 bits per heavy atom. The van der Waals surface area contributed by atoms with Crippen LogP contribution in [0.5, 0.6) is 0 Å². The number of halogens is 1. The summed E-state index contributed by atoms with van der Waals surface area (Å²) in [6.07, 6.45) is 0. The smallest absolute Gasteiger partial charge is 0.257 e. The van der Waals surface area contributed by atoms with Gasteiger partial charge in [0, 0.05) is 22.2 Å². The third kappa shape index (κ3) is 3.21. The number of nitrogen functional groups attached to an aromatic ring is 1. The molecule has 0 unspecified atom stereocenters. The van der Waals surface area contributed by atoms with E-state index in [0.717, 1.165) is 9.13 Å². The summed E-state index contributed by atoms with van der Waals surface area (Å²) in [4.78, 5) is 23.1. The third-order valence-electron chi connectivity index (χ3n) is 3.50. The Balaban J connectivity index is 2.69. The van der Waals surface area contributed by atoms with Crippen molar-refractivity contribution in [1.29, 1.82) is 0 Å². The van der Waals surface area contributed by atoms with Crippen LogP contribution in [0, 0.1) is 10.5 Å². The van der Waals surface area contributed by atoms with E-state index < -0.39 is 0 Å². The zero-order valence-electron chi connectivity index (χ0n) is 12.9. The van der Waals surface area contributed by atoms with Crippen LogP contribution in [0.15, 0.2) is 24.3 Å². The Labute approximate surface area is 144 Å². The van der Waals surface area contributed by atoms with E-state index in [9.17, 15) is 4.79 Å². The maximum Gasteiger partial charge on any atom is 0.257 e. The summed E-state index contributed by atoms with van der Waals surface area (Å²) >= 11 is 2.24. The molecule has 0 radical (unpaired) electrons. The van der Waals surface area contributed by atoms with Gasteiger partial charge < -0.3 is 10.6 Å². The van der Waals surface area contributed by atoms with Crippen LogP contribution in [0.1, 0.15) is 29.9 Å². The highest BCUT2D eigenvalue weighted by Crippen LogP contribution is 2.29. The van der Waals surface area contributed by atoms with Gasteiger partial charge in [0.25, 0.3) is 5.91 Å².